The van der Waals surface area contributed by atoms with Gasteiger partial charge in [0.1, 0.15) is 17.2 Å². The lowest BCUT2D eigenvalue weighted by molar-refractivity contribution is -0.122. The van der Waals surface area contributed by atoms with Crippen LogP contribution in [0.3, 0.4) is 0 Å². The van der Waals surface area contributed by atoms with Crippen LogP contribution in [-0.2, 0) is 9.59 Å². The summed E-state index contributed by atoms with van der Waals surface area (Å²) in [6, 6.07) is 7.77. The topological polar surface area (TPSA) is 82.9 Å². The molecule has 0 atom stereocenters. The number of benzene rings is 1. The van der Waals surface area contributed by atoms with E-state index in [1.807, 2.05) is 0 Å². The summed E-state index contributed by atoms with van der Waals surface area (Å²) in [6.45, 7) is 1.77. The van der Waals surface area contributed by atoms with Crippen LogP contribution in [0.25, 0.3) is 6.08 Å². The minimum atomic E-state index is -0.996. The number of carbonyl (C=O) groups excluding carboxylic acids is 3. The predicted octanol–water partition coefficient (Wildman–Crippen LogP) is 2.69. The number of rotatable bonds is 3. The third-order valence-electron chi connectivity index (χ3n) is 4.51. The van der Waals surface area contributed by atoms with E-state index < -0.39 is 23.7 Å². The van der Waals surface area contributed by atoms with Crippen LogP contribution in [0.2, 0.25) is 0 Å². The van der Waals surface area contributed by atoms with Crippen molar-refractivity contribution in [3.63, 3.8) is 0 Å². The van der Waals surface area contributed by atoms with E-state index in [0.29, 0.717) is 16.5 Å². The highest BCUT2D eigenvalue weighted by molar-refractivity contribution is 6.39. The molecule has 27 heavy (non-hydrogen) atoms. The molecule has 2 saturated heterocycles. The first-order chi connectivity index (χ1) is 13.0. The summed E-state index contributed by atoms with van der Waals surface area (Å²) in [6.07, 6.45) is 3.42. The molecule has 2 aliphatic rings. The highest BCUT2D eigenvalue weighted by atomic mass is 19.1. The summed E-state index contributed by atoms with van der Waals surface area (Å²) < 4.78 is 19.7. The van der Waals surface area contributed by atoms with Crippen molar-refractivity contribution < 1.29 is 23.2 Å². The molecule has 0 saturated carbocycles. The standard InChI is InChI=1S/C19H16FN3O4/c20-14-5-1-2-6-15(14)23-18(25)13(17(24)21-19(23)26)11-12-7-8-16(27-12)22-9-3-4-10-22/h1-2,5-8,11H,3-4,9-10H2,(H,21,24,26)/b13-11+. The van der Waals surface area contributed by atoms with Gasteiger partial charge in [0, 0.05) is 19.2 Å². The molecule has 138 valence electrons. The van der Waals surface area contributed by atoms with Crippen LogP contribution in [0.15, 0.2) is 46.4 Å². The van der Waals surface area contributed by atoms with Crippen LogP contribution in [0.1, 0.15) is 18.6 Å². The van der Waals surface area contributed by atoms with Crippen molar-refractivity contribution in [1.82, 2.24) is 5.32 Å². The molecule has 4 rings (SSSR count). The predicted molar refractivity (Wildman–Crippen MR) is 95.6 cm³/mol. The van der Waals surface area contributed by atoms with Gasteiger partial charge in [-0.2, -0.15) is 0 Å². The van der Waals surface area contributed by atoms with Crippen molar-refractivity contribution >= 4 is 35.5 Å². The Morgan fingerprint density at radius 3 is 2.52 bits per heavy atom. The third kappa shape index (κ3) is 3.10. The molecule has 0 bridgehead atoms. The lowest BCUT2D eigenvalue weighted by Gasteiger charge is -2.26. The number of nitrogens with one attached hydrogen (secondary N) is 1. The van der Waals surface area contributed by atoms with Crippen LogP contribution in [-0.4, -0.2) is 30.9 Å². The van der Waals surface area contributed by atoms with E-state index >= 15 is 0 Å². The van der Waals surface area contributed by atoms with Gasteiger partial charge in [-0.1, -0.05) is 12.1 Å². The van der Waals surface area contributed by atoms with Crippen molar-refractivity contribution in [3.05, 3.63) is 53.5 Å². The Morgan fingerprint density at radius 2 is 1.78 bits per heavy atom. The van der Waals surface area contributed by atoms with E-state index in [9.17, 15) is 18.8 Å². The number of anilines is 2. The SMILES string of the molecule is O=C1NC(=O)N(c2ccccc2F)C(=O)/C1=C/c1ccc(N2CCCC2)o1. The molecule has 7 nitrogen and oxygen atoms in total. The summed E-state index contributed by atoms with van der Waals surface area (Å²) in [4.78, 5) is 39.6. The normalized spacial score (nSPS) is 19.1. The average Bonchev–Trinajstić information content (AvgIpc) is 3.31. The lowest BCUT2D eigenvalue weighted by atomic mass is 10.1. The molecule has 0 unspecified atom stereocenters. The molecule has 4 amide bonds. The molecule has 0 spiro atoms. The van der Waals surface area contributed by atoms with Gasteiger partial charge in [0.15, 0.2) is 5.88 Å². The number of barbiturate groups is 1. The number of hydrogen-bond donors (Lipinski definition) is 1. The molecule has 2 fully saturated rings. The fraction of sp³-hybridized carbons (Fsp3) is 0.211. The lowest BCUT2D eigenvalue weighted by Crippen LogP contribution is -2.54. The third-order valence-corrected chi connectivity index (χ3v) is 4.51. The Kier molecular flexibility index (Phi) is 4.23. The smallest absolute Gasteiger partial charge is 0.336 e. The quantitative estimate of drug-likeness (QED) is 0.664. The summed E-state index contributed by atoms with van der Waals surface area (Å²) in [5.74, 6) is -1.54. The molecule has 0 radical (unpaired) electrons. The Bertz CT molecular complexity index is 959. The maximum Gasteiger partial charge on any atom is 0.336 e. The number of hydrogen-bond acceptors (Lipinski definition) is 5. The van der Waals surface area contributed by atoms with Crippen LogP contribution in [0.5, 0.6) is 0 Å². The maximum absolute atomic E-state index is 14.0. The highest BCUT2D eigenvalue weighted by Gasteiger charge is 2.38. The van der Waals surface area contributed by atoms with Gasteiger partial charge in [-0.25, -0.2) is 14.1 Å². The molecule has 1 N–H and O–H groups in total. The van der Waals surface area contributed by atoms with Crippen molar-refractivity contribution in [2.75, 3.05) is 22.9 Å². The number of imide groups is 2. The second-order valence-electron chi connectivity index (χ2n) is 6.28. The Hall–Kier alpha value is -3.42. The van der Waals surface area contributed by atoms with Gasteiger partial charge >= 0.3 is 6.03 Å². The molecule has 2 aliphatic heterocycles. The van der Waals surface area contributed by atoms with Crippen molar-refractivity contribution in [2.24, 2.45) is 0 Å². The van der Waals surface area contributed by atoms with Crippen LogP contribution in [0, 0.1) is 5.82 Å². The molecule has 8 heteroatoms. The fourth-order valence-corrected chi connectivity index (χ4v) is 3.18. The zero-order valence-corrected chi connectivity index (χ0v) is 14.3. The number of para-hydroxylation sites is 1. The Labute approximate surface area is 154 Å². The minimum Gasteiger partial charge on any atom is -0.441 e. The van der Waals surface area contributed by atoms with Gasteiger partial charge in [-0.05, 0) is 37.1 Å². The van der Waals surface area contributed by atoms with E-state index in [-0.39, 0.29) is 11.3 Å². The number of nitrogens with zero attached hydrogens (tertiary/aromatic N) is 2. The maximum atomic E-state index is 14.0. The van der Waals surface area contributed by atoms with Crippen molar-refractivity contribution in [2.45, 2.75) is 12.8 Å². The first kappa shape index (κ1) is 17.0. The fourth-order valence-electron chi connectivity index (χ4n) is 3.18. The molecule has 3 heterocycles. The molecule has 0 aliphatic carbocycles. The number of furan rings is 1. The van der Waals surface area contributed by atoms with Crippen molar-refractivity contribution in [3.8, 4) is 0 Å². The largest absolute Gasteiger partial charge is 0.441 e. The van der Waals surface area contributed by atoms with E-state index in [4.69, 9.17) is 4.42 Å². The van der Waals surface area contributed by atoms with Gasteiger partial charge in [0.05, 0.1) is 5.69 Å². The first-order valence-corrected chi connectivity index (χ1v) is 8.55. The first-order valence-electron chi connectivity index (χ1n) is 8.55. The van der Waals surface area contributed by atoms with E-state index in [1.165, 1.54) is 24.3 Å². The molecular formula is C19H16FN3O4. The molecule has 1 aromatic carbocycles. The molecule has 2 aromatic rings. The summed E-state index contributed by atoms with van der Waals surface area (Å²) in [5.41, 5.74) is -0.532. The number of urea groups is 1. The zero-order chi connectivity index (χ0) is 19.0. The summed E-state index contributed by atoms with van der Waals surface area (Å²) in [5, 5.41) is 2.06. The van der Waals surface area contributed by atoms with Crippen LogP contribution < -0.4 is 15.1 Å². The zero-order valence-electron chi connectivity index (χ0n) is 14.3. The second kappa shape index (κ2) is 6.71. The van der Waals surface area contributed by atoms with Gasteiger partial charge in [-0.15, -0.1) is 0 Å². The Balaban J connectivity index is 1.66. The number of carbonyl (C=O) groups is 3. The second-order valence-corrected chi connectivity index (χ2v) is 6.28. The van der Waals surface area contributed by atoms with Gasteiger partial charge in [0.25, 0.3) is 11.8 Å². The van der Waals surface area contributed by atoms with Crippen LogP contribution >= 0.6 is 0 Å². The highest BCUT2D eigenvalue weighted by Crippen LogP contribution is 2.27. The molecular weight excluding hydrogens is 353 g/mol. The number of amides is 4. The van der Waals surface area contributed by atoms with Gasteiger partial charge in [0.2, 0.25) is 0 Å². The van der Waals surface area contributed by atoms with Gasteiger partial charge < -0.3 is 9.32 Å². The van der Waals surface area contributed by atoms with E-state index in [2.05, 4.69) is 10.2 Å². The van der Waals surface area contributed by atoms with Crippen molar-refractivity contribution in [1.29, 1.82) is 0 Å². The average molecular weight is 369 g/mol. The van der Waals surface area contributed by atoms with E-state index in [1.54, 1.807) is 12.1 Å². The summed E-state index contributed by atoms with van der Waals surface area (Å²) in [7, 11) is 0. The van der Waals surface area contributed by atoms with E-state index in [0.717, 1.165) is 32.0 Å². The minimum absolute atomic E-state index is 0.226. The van der Waals surface area contributed by atoms with Gasteiger partial charge in [-0.3, -0.25) is 14.9 Å². The van der Waals surface area contributed by atoms with Crippen LogP contribution in [0.4, 0.5) is 20.8 Å². The monoisotopic (exact) mass is 369 g/mol. The summed E-state index contributed by atoms with van der Waals surface area (Å²) >= 11 is 0. The number of halogens is 1. The molecule has 1 aromatic heterocycles. The Morgan fingerprint density at radius 1 is 1.04 bits per heavy atom.